The molecule has 2 heterocycles. The number of benzene rings is 1. The molecule has 2 aromatic rings. The van der Waals surface area contributed by atoms with Gasteiger partial charge in [0.2, 0.25) is 0 Å². The SMILES string of the molecule is CC(C)(O)Cn1cc2cc(B3OC(C)(C)C(C)(C)O3)ccc2n1. The third-order valence-electron chi connectivity index (χ3n) is 4.65. The van der Waals surface area contributed by atoms with Gasteiger partial charge in [-0.05, 0) is 53.1 Å². The van der Waals surface area contributed by atoms with Crippen molar-refractivity contribution < 1.29 is 14.4 Å². The Morgan fingerprint density at radius 1 is 1.17 bits per heavy atom. The molecule has 0 bridgehead atoms. The quantitative estimate of drug-likeness (QED) is 0.881. The Morgan fingerprint density at radius 3 is 2.35 bits per heavy atom. The summed E-state index contributed by atoms with van der Waals surface area (Å²) in [5.74, 6) is 0. The minimum absolute atomic E-state index is 0.349. The number of hydrogen-bond donors (Lipinski definition) is 1. The molecule has 3 rings (SSSR count). The zero-order valence-corrected chi connectivity index (χ0v) is 14.8. The van der Waals surface area contributed by atoms with E-state index in [0.29, 0.717) is 6.54 Å². The van der Waals surface area contributed by atoms with E-state index in [0.717, 1.165) is 16.4 Å². The Hall–Kier alpha value is -1.37. The topological polar surface area (TPSA) is 56.5 Å². The highest BCUT2D eigenvalue weighted by atomic mass is 16.7. The van der Waals surface area contributed by atoms with Crippen molar-refractivity contribution in [1.82, 2.24) is 9.78 Å². The van der Waals surface area contributed by atoms with E-state index in [4.69, 9.17) is 9.31 Å². The fraction of sp³-hybridized carbons (Fsp3) is 0.588. The van der Waals surface area contributed by atoms with Crippen LogP contribution in [-0.2, 0) is 15.9 Å². The van der Waals surface area contributed by atoms with Crippen LogP contribution in [-0.4, -0.2) is 38.8 Å². The molecule has 0 spiro atoms. The first-order valence-corrected chi connectivity index (χ1v) is 8.02. The molecule has 23 heavy (non-hydrogen) atoms. The number of fused-ring (bicyclic) bond motifs is 1. The van der Waals surface area contributed by atoms with Gasteiger partial charge in [0.15, 0.2) is 0 Å². The molecule has 1 fully saturated rings. The van der Waals surface area contributed by atoms with Gasteiger partial charge in [0.1, 0.15) is 0 Å². The molecule has 124 valence electrons. The molecule has 0 amide bonds. The van der Waals surface area contributed by atoms with E-state index in [-0.39, 0.29) is 18.3 Å². The van der Waals surface area contributed by atoms with Gasteiger partial charge < -0.3 is 14.4 Å². The van der Waals surface area contributed by atoms with Crippen LogP contribution in [0, 0.1) is 0 Å². The fourth-order valence-electron chi connectivity index (χ4n) is 2.70. The molecule has 1 saturated heterocycles. The maximum absolute atomic E-state index is 9.94. The number of hydrogen-bond acceptors (Lipinski definition) is 4. The number of rotatable bonds is 3. The minimum Gasteiger partial charge on any atom is -0.399 e. The second-order valence-electron chi connectivity index (χ2n) is 8.05. The minimum atomic E-state index is -0.795. The van der Waals surface area contributed by atoms with Crippen LogP contribution in [0.1, 0.15) is 41.5 Å². The normalized spacial score (nSPS) is 20.4. The van der Waals surface area contributed by atoms with Gasteiger partial charge in [0.05, 0.1) is 28.9 Å². The van der Waals surface area contributed by atoms with Crippen LogP contribution in [0.25, 0.3) is 10.9 Å². The summed E-state index contributed by atoms with van der Waals surface area (Å²) in [6.07, 6.45) is 1.95. The summed E-state index contributed by atoms with van der Waals surface area (Å²) >= 11 is 0. The molecule has 6 heteroatoms. The lowest BCUT2D eigenvalue weighted by Crippen LogP contribution is -2.41. The summed E-state index contributed by atoms with van der Waals surface area (Å²) in [5, 5.41) is 15.5. The van der Waals surface area contributed by atoms with E-state index in [1.54, 1.807) is 18.5 Å². The van der Waals surface area contributed by atoms with Gasteiger partial charge in [-0.3, -0.25) is 4.68 Å². The van der Waals surface area contributed by atoms with Crippen molar-refractivity contribution in [2.45, 2.75) is 64.9 Å². The van der Waals surface area contributed by atoms with Crippen LogP contribution in [0.2, 0.25) is 0 Å². The molecule has 0 unspecified atom stereocenters. The molecular weight excluding hydrogens is 291 g/mol. The summed E-state index contributed by atoms with van der Waals surface area (Å²) in [7, 11) is -0.373. The highest BCUT2D eigenvalue weighted by Gasteiger charge is 2.51. The van der Waals surface area contributed by atoms with E-state index in [1.165, 1.54) is 0 Å². The molecule has 0 aliphatic carbocycles. The molecule has 1 aliphatic heterocycles. The average molecular weight is 316 g/mol. The second-order valence-corrected chi connectivity index (χ2v) is 8.05. The molecule has 1 aromatic carbocycles. The molecule has 0 atom stereocenters. The molecule has 1 aliphatic rings. The Labute approximate surface area is 137 Å². The van der Waals surface area contributed by atoms with E-state index < -0.39 is 5.60 Å². The van der Waals surface area contributed by atoms with Crippen LogP contribution in [0.4, 0.5) is 0 Å². The van der Waals surface area contributed by atoms with Gasteiger partial charge in [0.25, 0.3) is 0 Å². The predicted octanol–water partition coefficient (Wildman–Crippen LogP) is 2.11. The lowest BCUT2D eigenvalue weighted by Gasteiger charge is -2.32. The molecular formula is C17H25BN2O3. The van der Waals surface area contributed by atoms with E-state index in [1.807, 2.05) is 52.1 Å². The second kappa shape index (κ2) is 5.06. The highest BCUT2D eigenvalue weighted by molar-refractivity contribution is 6.62. The van der Waals surface area contributed by atoms with Crippen molar-refractivity contribution in [3.63, 3.8) is 0 Å². The van der Waals surface area contributed by atoms with E-state index in [2.05, 4.69) is 5.10 Å². The summed E-state index contributed by atoms with van der Waals surface area (Å²) in [4.78, 5) is 0. The van der Waals surface area contributed by atoms with Gasteiger partial charge >= 0.3 is 7.12 Å². The number of nitrogens with zero attached hydrogens (tertiary/aromatic N) is 2. The summed E-state index contributed by atoms with van der Waals surface area (Å²) in [6.45, 7) is 12.2. The Balaban J connectivity index is 1.89. The molecule has 0 radical (unpaired) electrons. The maximum atomic E-state index is 9.94. The summed E-state index contributed by atoms with van der Waals surface area (Å²) in [6, 6.07) is 6.01. The van der Waals surface area contributed by atoms with Gasteiger partial charge in [-0.2, -0.15) is 5.10 Å². The first kappa shape index (κ1) is 16.5. The van der Waals surface area contributed by atoms with Crippen LogP contribution >= 0.6 is 0 Å². The number of aromatic nitrogens is 2. The van der Waals surface area contributed by atoms with Crippen molar-refractivity contribution >= 4 is 23.5 Å². The van der Waals surface area contributed by atoms with Crippen molar-refractivity contribution in [2.24, 2.45) is 0 Å². The standard InChI is InChI=1S/C17H25BN2O3/c1-15(2,21)11-20-10-12-9-13(7-8-14(12)19-20)18-22-16(3,4)17(5,6)23-18/h7-10,21H,11H2,1-6H3. The van der Waals surface area contributed by atoms with E-state index in [9.17, 15) is 5.11 Å². The predicted molar refractivity (Wildman–Crippen MR) is 91.7 cm³/mol. The van der Waals surface area contributed by atoms with Crippen LogP contribution in [0.3, 0.4) is 0 Å². The van der Waals surface area contributed by atoms with Gasteiger partial charge in [0, 0.05) is 11.6 Å². The van der Waals surface area contributed by atoms with Crippen molar-refractivity contribution in [1.29, 1.82) is 0 Å². The Morgan fingerprint density at radius 2 is 1.78 bits per heavy atom. The monoisotopic (exact) mass is 316 g/mol. The van der Waals surface area contributed by atoms with Gasteiger partial charge in [-0.25, -0.2) is 0 Å². The van der Waals surface area contributed by atoms with Gasteiger partial charge in [-0.1, -0.05) is 12.1 Å². The fourth-order valence-corrected chi connectivity index (χ4v) is 2.70. The third kappa shape index (κ3) is 3.16. The lowest BCUT2D eigenvalue weighted by atomic mass is 9.79. The Kier molecular flexibility index (Phi) is 3.63. The van der Waals surface area contributed by atoms with Crippen molar-refractivity contribution in [3.05, 3.63) is 24.4 Å². The van der Waals surface area contributed by atoms with Gasteiger partial charge in [-0.15, -0.1) is 0 Å². The third-order valence-corrected chi connectivity index (χ3v) is 4.65. The maximum Gasteiger partial charge on any atom is 0.494 e. The lowest BCUT2D eigenvalue weighted by molar-refractivity contribution is 0.00578. The smallest absolute Gasteiger partial charge is 0.399 e. The number of aliphatic hydroxyl groups is 1. The van der Waals surface area contributed by atoms with Crippen LogP contribution in [0.5, 0.6) is 0 Å². The summed E-state index contributed by atoms with van der Waals surface area (Å²) in [5.41, 5.74) is 0.389. The molecule has 5 nitrogen and oxygen atoms in total. The zero-order valence-electron chi connectivity index (χ0n) is 14.8. The van der Waals surface area contributed by atoms with Crippen LogP contribution < -0.4 is 5.46 Å². The van der Waals surface area contributed by atoms with Crippen LogP contribution in [0.15, 0.2) is 24.4 Å². The first-order valence-electron chi connectivity index (χ1n) is 8.02. The van der Waals surface area contributed by atoms with Crippen molar-refractivity contribution in [3.8, 4) is 0 Å². The van der Waals surface area contributed by atoms with E-state index >= 15 is 0 Å². The molecule has 0 saturated carbocycles. The largest absolute Gasteiger partial charge is 0.494 e. The molecule has 1 N–H and O–H groups in total. The zero-order chi connectivity index (χ0) is 17.0. The first-order chi connectivity index (χ1) is 10.5. The highest BCUT2D eigenvalue weighted by Crippen LogP contribution is 2.36. The summed E-state index contributed by atoms with van der Waals surface area (Å²) < 4.78 is 14.0. The molecule has 1 aromatic heterocycles. The Bertz CT molecular complexity index is 715. The average Bonchev–Trinajstić information content (AvgIpc) is 2.84. The van der Waals surface area contributed by atoms with Crippen molar-refractivity contribution in [2.75, 3.05) is 0 Å².